The summed E-state index contributed by atoms with van der Waals surface area (Å²) in [6.45, 7) is 10.5. The first-order valence-electron chi connectivity index (χ1n) is 11.2. The zero-order valence-electron chi connectivity index (χ0n) is 19.2. The molecule has 1 aliphatic rings. The van der Waals surface area contributed by atoms with Gasteiger partial charge in [0.05, 0.1) is 31.9 Å². The van der Waals surface area contributed by atoms with Crippen molar-refractivity contribution in [2.75, 3.05) is 26.7 Å². The average Bonchev–Trinajstić information content (AvgIpc) is 3.16. The Bertz CT molecular complexity index is 706. The average molecular weight is 440 g/mol. The SMILES string of the molecule is CCCCCCOc1nsnc1C1=CCC[N+](C)([C@H](C)OC(=O)[C@@H](N)CC(C)C)C1. The Morgan fingerprint density at radius 2 is 2.03 bits per heavy atom. The second kappa shape index (κ2) is 11.8. The molecular formula is C22H39N4O3S+. The molecule has 0 bridgehead atoms. The Labute approximate surface area is 185 Å². The summed E-state index contributed by atoms with van der Waals surface area (Å²) < 4.78 is 21.2. The highest BCUT2D eigenvalue weighted by molar-refractivity contribution is 6.99. The van der Waals surface area contributed by atoms with Gasteiger partial charge in [0, 0.05) is 18.9 Å². The lowest BCUT2D eigenvalue weighted by atomic mass is 10.0. The van der Waals surface area contributed by atoms with Crippen molar-refractivity contribution in [3.63, 3.8) is 0 Å². The quantitative estimate of drug-likeness (QED) is 0.301. The van der Waals surface area contributed by atoms with Crippen LogP contribution >= 0.6 is 11.7 Å². The van der Waals surface area contributed by atoms with Gasteiger partial charge in [0.2, 0.25) is 6.23 Å². The Morgan fingerprint density at radius 3 is 2.73 bits per heavy atom. The van der Waals surface area contributed by atoms with Gasteiger partial charge in [-0.2, -0.15) is 4.37 Å². The Morgan fingerprint density at radius 1 is 1.27 bits per heavy atom. The van der Waals surface area contributed by atoms with Crippen molar-refractivity contribution in [1.29, 1.82) is 0 Å². The summed E-state index contributed by atoms with van der Waals surface area (Å²) in [7, 11) is 2.12. The van der Waals surface area contributed by atoms with Gasteiger partial charge in [-0.15, -0.1) is 4.37 Å². The molecule has 8 heteroatoms. The van der Waals surface area contributed by atoms with Crippen molar-refractivity contribution in [1.82, 2.24) is 8.75 Å². The van der Waals surface area contributed by atoms with Gasteiger partial charge in [-0.1, -0.05) is 46.1 Å². The normalized spacial score (nSPS) is 21.2. The number of quaternary nitrogens is 1. The van der Waals surface area contributed by atoms with Crippen LogP contribution < -0.4 is 10.5 Å². The minimum atomic E-state index is -0.575. The van der Waals surface area contributed by atoms with E-state index in [1.54, 1.807) is 0 Å². The Kier molecular flexibility index (Phi) is 9.71. The Hall–Kier alpha value is -1.51. The van der Waals surface area contributed by atoms with Gasteiger partial charge in [-0.05, 0) is 18.8 Å². The lowest BCUT2D eigenvalue weighted by molar-refractivity contribution is -0.944. The van der Waals surface area contributed by atoms with Crippen molar-refractivity contribution in [3.8, 4) is 5.88 Å². The third-order valence-corrected chi connectivity index (χ3v) is 6.27. The van der Waals surface area contributed by atoms with Crippen LogP contribution in [0.4, 0.5) is 0 Å². The van der Waals surface area contributed by atoms with Gasteiger partial charge in [0.25, 0.3) is 5.88 Å². The molecule has 170 valence electrons. The first-order chi connectivity index (χ1) is 14.3. The van der Waals surface area contributed by atoms with E-state index >= 15 is 0 Å². The minimum absolute atomic E-state index is 0.288. The third-order valence-electron chi connectivity index (χ3n) is 5.75. The van der Waals surface area contributed by atoms with Crippen LogP contribution in [0.5, 0.6) is 5.88 Å². The van der Waals surface area contributed by atoms with Crippen LogP contribution in [-0.4, -0.2) is 58.2 Å². The molecule has 2 N–H and O–H groups in total. The Balaban J connectivity index is 1.98. The molecule has 0 saturated carbocycles. The molecular weight excluding hydrogens is 400 g/mol. The number of likely N-dealkylation sites (N-methyl/N-ethyl adjacent to an activating group) is 1. The van der Waals surface area contributed by atoms with Crippen molar-refractivity contribution >= 4 is 23.3 Å². The van der Waals surface area contributed by atoms with Crippen molar-refractivity contribution < 1.29 is 18.8 Å². The maximum absolute atomic E-state index is 12.4. The molecule has 1 aromatic rings. The summed E-state index contributed by atoms with van der Waals surface area (Å²) >= 11 is 1.18. The van der Waals surface area contributed by atoms with E-state index in [0.717, 1.165) is 30.7 Å². The molecule has 0 aliphatic carbocycles. The number of hydrogen-bond donors (Lipinski definition) is 1. The van der Waals surface area contributed by atoms with E-state index < -0.39 is 6.04 Å². The number of hydrogen-bond acceptors (Lipinski definition) is 7. The molecule has 3 atom stereocenters. The first-order valence-corrected chi connectivity index (χ1v) is 11.9. The maximum atomic E-state index is 12.4. The summed E-state index contributed by atoms with van der Waals surface area (Å²) in [6, 6.07) is -0.575. The van der Waals surface area contributed by atoms with Crippen LogP contribution in [0.3, 0.4) is 0 Å². The first kappa shape index (κ1) is 24.8. The standard InChI is InChI=1S/C22H39N4O3S/c1-6-7-8-9-13-28-21-20(24-30-25-21)18-11-10-12-26(5,15-18)17(4)29-22(27)19(23)14-16(2)3/h11,16-17,19H,6-10,12-15,23H2,1-5H3/q+1/t17-,19-,26?/m0/s1. The molecule has 0 amide bonds. The molecule has 1 unspecified atom stereocenters. The van der Waals surface area contributed by atoms with Gasteiger partial charge < -0.3 is 15.2 Å². The molecule has 30 heavy (non-hydrogen) atoms. The molecule has 2 rings (SSSR count). The van der Waals surface area contributed by atoms with Crippen molar-refractivity contribution in [3.05, 3.63) is 11.8 Å². The molecule has 0 radical (unpaired) electrons. The number of nitrogens with two attached hydrogens (primary N) is 1. The number of carbonyl (C=O) groups is 1. The van der Waals surface area contributed by atoms with Crippen molar-refractivity contribution in [2.24, 2.45) is 11.7 Å². The zero-order valence-corrected chi connectivity index (χ0v) is 20.0. The number of unbranched alkanes of at least 4 members (excludes halogenated alkanes) is 3. The number of rotatable bonds is 12. The molecule has 0 aromatic carbocycles. The summed E-state index contributed by atoms with van der Waals surface area (Å²) in [5.74, 6) is 0.660. The molecule has 1 aromatic heterocycles. The lowest BCUT2D eigenvalue weighted by Gasteiger charge is -2.41. The van der Waals surface area contributed by atoms with E-state index in [1.165, 1.54) is 31.0 Å². The van der Waals surface area contributed by atoms with Crippen molar-refractivity contribution in [2.45, 2.75) is 78.5 Å². The highest BCUT2D eigenvalue weighted by Gasteiger charge is 2.37. The third kappa shape index (κ3) is 7.03. The van der Waals surface area contributed by atoms with E-state index in [-0.39, 0.29) is 12.2 Å². The smallest absolute Gasteiger partial charge is 0.327 e. The fraction of sp³-hybridized carbons (Fsp3) is 0.773. The number of nitrogens with zero attached hydrogens (tertiary/aromatic N) is 3. The molecule has 0 saturated heterocycles. The van der Waals surface area contributed by atoms with E-state index in [2.05, 4.69) is 42.6 Å². The van der Waals surface area contributed by atoms with E-state index in [4.69, 9.17) is 15.2 Å². The maximum Gasteiger partial charge on any atom is 0.327 e. The van der Waals surface area contributed by atoms with Crippen LogP contribution in [0.1, 0.15) is 71.9 Å². The van der Waals surface area contributed by atoms with Gasteiger partial charge in [0.15, 0.2) is 0 Å². The highest BCUT2D eigenvalue weighted by atomic mass is 32.1. The fourth-order valence-corrected chi connectivity index (χ4v) is 4.24. The number of ether oxygens (including phenoxy) is 2. The van der Waals surface area contributed by atoms with Gasteiger partial charge in [0.1, 0.15) is 18.3 Å². The number of esters is 1. The number of carbonyl (C=O) groups excluding carboxylic acids is 1. The van der Waals surface area contributed by atoms with Crippen LogP contribution in [-0.2, 0) is 9.53 Å². The second-order valence-corrected chi connectivity index (χ2v) is 9.51. The van der Waals surface area contributed by atoms with E-state index in [1.807, 2.05) is 6.92 Å². The van der Waals surface area contributed by atoms with Gasteiger partial charge >= 0.3 is 5.97 Å². The van der Waals surface area contributed by atoms with Gasteiger partial charge in [-0.3, -0.25) is 9.28 Å². The zero-order chi connectivity index (χ0) is 22.1. The largest absolute Gasteiger partial charge is 0.475 e. The van der Waals surface area contributed by atoms with Crippen LogP contribution in [0.15, 0.2) is 6.08 Å². The summed E-state index contributed by atoms with van der Waals surface area (Å²) in [6.07, 6.45) is 8.07. The molecule has 1 aliphatic heterocycles. The second-order valence-electron chi connectivity index (χ2n) is 8.98. The summed E-state index contributed by atoms with van der Waals surface area (Å²) in [4.78, 5) is 12.4. The summed E-state index contributed by atoms with van der Waals surface area (Å²) in [5, 5.41) is 0. The molecule has 0 spiro atoms. The van der Waals surface area contributed by atoms with Gasteiger partial charge in [-0.25, -0.2) is 0 Å². The topological polar surface area (TPSA) is 87.3 Å². The van der Waals surface area contributed by atoms with Crippen LogP contribution in [0.2, 0.25) is 0 Å². The predicted molar refractivity (Wildman–Crippen MR) is 121 cm³/mol. The highest BCUT2D eigenvalue weighted by Crippen LogP contribution is 2.31. The van der Waals surface area contributed by atoms with Crippen LogP contribution in [0.25, 0.3) is 5.57 Å². The molecule has 7 nitrogen and oxygen atoms in total. The lowest BCUT2D eigenvalue weighted by Crippen LogP contribution is -2.56. The van der Waals surface area contributed by atoms with Crippen LogP contribution in [0, 0.1) is 5.92 Å². The fourth-order valence-electron chi connectivity index (χ4n) is 3.70. The van der Waals surface area contributed by atoms with E-state index in [9.17, 15) is 4.79 Å². The minimum Gasteiger partial charge on any atom is -0.475 e. The summed E-state index contributed by atoms with van der Waals surface area (Å²) in [5.41, 5.74) is 7.95. The number of aromatic nitrogens is 2. The molecule has 2 heterocycles. The van der Waals surface area contributed by atoms with E-state index in [0.29, 0.717) is 35.9 Å². The monoisotopic (exact) mass is 439 g/mol. The predicted octanol–water partition coefficient (Wildman–Crippen LogP) is 3.99. The molecule has 0 fully saturated rings.